The van der Waals surface area contributed by atoms with Crippen LogP contribution in [0.15, 0.2) is 34.8 Å². The predicted molar refractivity (Wildman–Crippen MR) is 156 cm³/mol. The highest BCUT2D eigenvalue weighted by Crippen LogP contribution is 2.21. The van der Waals surface area contributed by atoms with Crippen LogP contribution in [-0.4, -0.2) is 65.3 Å². The molecule has 4 N–H and O–H groups in total. The number of carbonyl (C=O) groups is 7. The number of Topliss-reactive ketones (excluding diaryl/α,β-unsaturated/α-hetero) is 2. The van der Waals surface area contributed by atoms with Crippen LogP contribution in [-0.2, 0) is 46.5 Å². The minimum Gasteiger partial charge on any atom is -0.461 e. The summed E-state index contributed by atoms with van der Waals surface area (Å²) in [5.74, 6) is -4.33. The largest absolute Gasteiger partial charge is 0.461 e. The molecule has 228 valence electrons. The number of halogens is 1. The van der Waals surface area contributed by atoms with E-state index in [0.29, 0.717) is 17.5 Å². The zero-order valence-corrected chi connectivity index (χ0v) is 25.4. The van der Waals surface area contributed by atoms with Gasteiger partial charge in [-0.15, -0.1) is 0 Å². The molecule has 0 spiro atoms. The van der Waals surface area contributed by atoms with Crippen LogP contribution in [0.1, 0.15) is 58.9 Å². The molecule has 0 aliphatic carbocycles. The Morgan fingerprint density at radius 1 is 1.10 bits per heavy atom. The van der Waals surface area contributed by atoms with Gasteiger partial charge in [-0.1, -0.05) is 45.0 Å². The van der Waals surface area contributed by atoms with Gasteiger partial charge in [0.2, 0.25) is 5.91 Å². The third-order valence-electron chi connectivity index (χ3n) is 6.58. The molecule has 0 radical (unpaired) electrons. The summed E-state index contributed by atoms with van der Waals surface area (Å²) in [6.45, 7) is 4.61. The highest BCUT2D eigenvalue weighted by Gasteiger charge is 2.34. The van der Waals surface area contributed by atoms with Gasteiger partial charge < -0.3 is 21.1 Å². The smallest absolute Gasteiger partial charge is 0.312 e. The number of hydrogen-bond donors (Lipinski definition) is 3. The second kappa shape index (κ2) is 16.5. The normalized spacial score (nSPS) is 15.4. The van der Waals surface area contributed by atoms with Gasteiger partial charge in [-0.3, -0.25) is 33.7 Å². The van der Waals surface area contributed by atoms with Crippen LogP contribution in [0.25, 0.3) is 0 Å². The first-order valence-electron chi connectivity index (χ1n) is 14.0. The van der Waals surface area contributed by atoms with Crippen molar-refractivity contribution in [1.82, 2.24) is 15.5 Å². The summed E-state index contributed by atoms with van der Waals surface area (Å²) in [4.78, 5) is 86.9. The molecule has 0 saturated carbocycles. The summed E-state index contributed by atoms with van der Waals surface area (Å²) in [7, 11) is 0. The van der Waals surface area contributed by atoms with E-state index in [9.17, 15) is 33.6 Å². The number of ether oxygens (including phenoxy) is 1. The minimum absolute atomic E-state index is 0.00893. The number of hydrogen-bond acceptors (Lipinski definition) is 8. The maximum atomic E-state index is 13.3. The Morgan fingerprint density at radius 2 is 1.74 bits per heavy atom. The van der Waals surface area contributed by atoms with E-state index in [1.54, 1.807) is 38.1 Å². The molecule has 1 aliphatic rings. The molecule has 42 heavy (non-hydrogen) atoms. The summed E-state index contributed by atoms with van der Waals surface area (Å²) in [5.41, 5.74) is 6.44. The van der Waals surface area contributed by atoms with Crippen LogP contribution in [0, 0.1) is 11.8 Å². The lowest BCUT2D eigenvalue weighted by Gasteiger charge is -2.25. The van der Waals surface area contributed by atoms with E-state index >= 15 is 0 Å². The standard InChI is InChI=1S/C29H37BrN4O8/c1-4-26(38)42-16-19-9-7-18(8-10-19)12-24(36)23(6-5-11-32-29(31)41)33-27(39)21(17(2)3)13-20(35)15-34-25(37)14-22(30)28(34)40/h7-10,14,17,21,23H,4-6,11-13,15-16H2,1-3H3,(H,33,39)(H3,31,32,41)/t21-,23-/m0/s1/i4T/t4?,21-,23-. The second-order valence-corrected chi connectivity index (χ2v) is 11.0. The number of rotatable bonds is 17. The van der Waals surface area contributed by atoms with Crippen molar-refractivity contribution in [2.24, 2.45) is 17.6 Å². The van der Waals surface area contributed by atoms with E-state index < -0.39 is 60.4 Å². The van der Waals surface area contributed by atoms with Crippen LogP contribution < -0.4 is 16.4 Å². The molecule has 0 fully saturated rings. The van der Waals surface area contributed by atoms with Crippen LogP contribution in [0.4, 0.5) is 4.79 Å². The highest BCUT2D eigenvalue weighted by molar-refractivity contribution is 9.12. The van der Waals surface area contributed by atoms with Crippen molar-refractivity contribution >= 4 is 57.2 Å². The Morgan fingerprint density at radius 3 is 2.29 bits per heavy atom. The van der Waals surface area contributed by atoms with E-state index in [0.717, 1.165) is 11.0 Å². The third kappa shape index (κ3) is 10.8. The molecule has 1 unspecified atom stereocenters. The van der Waals surface area contributed by atoms with Crippen molar-refractivity contribution in [3.05, 3.63) is 46.0 Å². The Bertz CT molecular complexity index is 1270. The number of urea groups is 1. The van der Waals surface area contributed by atoms with E-state index in [1.807, 2.05) is 0 Å². The van der Waals surface area contributed by atoms with Gasteiger partial charge in [0.05, 0.1) is 17.1 Å². The molecular weight excluding hydrogens is 612 g/mol. The maximum Gasteiger partial charge on any atom is 0.312 e. The number of ketones is 2. The van der Waals surface area contributed by atoms with E-state index in [1.165, 1.54) is 6.92 Å². The number of imide groups is 1. The summed E-state index contributed by atoms with van der Waals surface area (Å²) in [5, 5.41) is 5.20. The Hall–Kier alpha value is -3.87. The van der Waals surface area contributed by atoms with Gasteiger partial charge in [-0.05, 0) is 45.8 Å². The van der Waals surface area contributed by atoms with Gasteiger partial charge in [-0.25, -0.2) is 4.79 Å². The van der Waals surface area contributed by atoms with Crippen molar-refractivity contribution in [3.63, 3.8) is 0 Å². The van der Waals surface area contributed by atoms with Crippen molar-refractivity contribution < 1.29 is 39.7 Å². The first-order valence-corrected chi connectivity index (χ1v) is 14.3. The molecule has 3 atom stereocenters. The van der Waals surface area contributed by atoms with Gasteiger partial charge in [0.15, 0.2) is 11.6 Å². The van der Waals surface area contributed by atoms with E-state index in [-0.39, 0.29) is 48.6 Å². The van der Waals surface area contributed by atoms with Crippen LogP contribution in [0.2, 0.25) is 0 Å². The highest BCUT2D eigenvalue weighted by atomic mass is 79.9. The van der Waals surface area contributed by atoms with Crippen molar-refractivity contribution in [2.45, 2.75) is 65.5 Å². The summed E-state index contributed by atoms with van der Waals surface area (Å²) < 4.78 is 12.5. The third-order valence-corrected chi connectivity index (χ3v) is 7.15. The fraction of sp³-hybridized carbons (Fsp3) is 0.483. The molecule has 13 heteroatoms. The number of nitrogens with one attached hydrogen (secondary N) is 2. The van der Waals surface area contributed by atoms with Crippen molar-refractivity contribution in [1.29, 1.82) is 0 Å². The van der Waals surface area contributed by atoms with Gasteiger partial charge in [0, 0.05) is 39.1 Å². The first-order chi connectivity index (χ1) is 20.2. The van der Waals surface area contributed by atoms with Crippen molar-refractivity contribution in [2.75, 3.05) is 13.1 Å². The van der Waals surface area contributed by atoms with Gasteiger partial charge >= 0.3 is 12.0 Å². The fourth-order valence-electron chi connectivity index (χ4n) is 4.17. The zero-order chi connectivity index (χ0) is 32.3. The molecule has 0 bridgehead atoms. The van der Waals surface area contributed by atoms with E-state index in [4.69, 9.17) is 11.8 Å². The molecule has 0 saturated heterocycles. The van der Waals surface area contributed by atoms with Gasteiger partial charge in [0.25, 0.3) is 11.8 Å². The lowest BCUT2D eigenvalue weighted by Crippen LogP contribution is -2.46. The Balaban J connectivity index is 2.08. The molecule has 0 aromatic heterocycles. The first kappa shape index (κ1) is 32.6. The van der Waals surface area contributed by atoms with Crippen LogP contribution in [0.5, 0.6) is 0 Å². The fourth-order valence-corrected chi connectivity index (χ4v) is 4.58. The van der Waals surface area contributed by atoms with Crippen LogP contribution in [0.3, 0.4) is 0 Å². The topological polar surface area (TPSA) is 182 Å². The number of carbonyl (C=O) groups excluding carboxylic acids is 7. The minimum atomic E-state index is -0.992. The number of nitrogens with two attached hydrogens (primary N) is 1. The number of nitrogens with zero attached hydrogens (tertiary/aromatic N) is 1. The lowest BCUT2D eigenvalue weighted by atomic mass is 9.88. The number of benzene rings is 1. The summed E-state index contributed by atoms with van der Waals surface area (Å²) >= 11 is 2.98. The Labute approximate surface area is 254 Å². The second-order valence-electron chi connectivity index (χ2n) is 10.2. The monoisotopic (exact) mass is 650 g/mol. The predicted octanol–water partition coefficient (Wildman–Crippen LogP) is 2.06. The molecule has 12 nitrogen and oxygen atoms in total. The molecule has 2 rings (SSSR count). The average molecular weight is 652 g/mol. The average Bonchev–Trinajstić information content (AvgIpc) is 3.17. The molecule has 5 amide bonds. The molecular formula is C29H37BrN4O8. The number of amides is 5. The van der Waals surface area contributed by atoms with Crippen molar-refractivity contribution in [3.8, 4) is 0 Å². The molecule has 1 aromatic carbocycles. The zero-order valence-electron chi connectivity index (χ0n) is 24.8. The quantitative estimate of drug-likeness (QED) is 0.130. The van der Waals surface area contributed by atoms with Crippen LogP contribution >= 0.6 is 15.9 Å². The summed E-state index contributed by atoms with van der Waals surface area (Å²) in [6.07, 6.45) is 0.351. The number of esters is 1. The molecule has 1 aliphatic heterocycles. The molecule has 1 heterocycles. The lowest BCUT2D eigenvalue weighted by molar-refractivity contribution is -0.144. The van der Waals surface area contributed by atoms with Gasteiger partial charge in [0.1, 0.15) is 6.61 Å². The SMILES string of the molecule is [3H]C(C)C(=O)OCc1ccc(CC(=O)[C@H](CCCNC(N)=O)NC(=O)[C@@H](CC(=O)CN2C(=O)C=C(Br)C2=O)C(C)C)cc1. The Kier molecular flexibility index (Phi) is 12.9. The number of primary amides is 1. The molecule has 1 aromatic rings. The maximum absolute atomic E-state index is 13.3. The van der Waals surface area contributed by atoms with Gasteiger partial charge in [-0.2, -0.15) is 0 Å². The summed E-state index contributed by atoms with van der Waals surface area (Å²) in [6, 6.07) is 5.13. The van der Waals surface area contributed by atoms with E-state index in [2.05, 4.69) is 26.6 Å².